The summed E-state index contributed by atoms with van der Waals surface area (Å²) in [4.78, 5) is 21.3. The Hall–Kier alpha value is -3.47. The second-order valence-electron chi connectivity index (χ2n) is 8.09. The molecule has 33 heavy (non-hydrogen) atoms. The summed E-state index contributed by atoms with van der Waals surface area (Å²) in [5.74, 6) is 0.0439. The van der Waals surface area contributed by atoms with Crippen LogP contribution in [0.25, 0.3) is 11.2 Å². The largest absolute Gasteiger partial charge is 0.418 e. The molecule has 0 bridgehead atoms. The molecule has 1 saturated carbocycles. The highest BCUT2D eigenvalue weighted by Gasteiger charge is 2.25. The lowest BCUT2D eigenvalue weighted by atomic mass is 10.1. The van der Waals surface area contributed by atoms with Gasteiger partial charge in [-0.15, -0.1) is 10.2 Å². The fourth-order valence-electron chi connectivity index (χ4n) is 3.83. The molecule has 5 aromatic rings. The Labute approximate surface area is 194 Å². The van der Waals surface area contributed by atoms with Crippen LogP contribution in [0.15, 0.2) is 45.8 Å². The van der Waals surface area contributed by atoms with Crippen LogP contribution in [0.5, 0.6) is 0 Å². The first-order chi connectivity index (χ1) is 16.0. The summed E-state index contributed by atoms with van der Waals surface area (Å²) in [6, 6.07) is 5.57. The van der Waals surface area contributed by atoms with Crippen molar-refractivity contribution < 1.29 is 13.6 Å². The maximum Gasteiger partial charge on any atom is 0.284 e. The van der Waals surface area contributed by atoms with E-state index in [-0.39, 0.29) is 24.5 Å². The van der Waals surface area contributed by atoms with E-state index in [0.29, 0.717) is 33.9 Å². The van der Waals surface area contributed by atoms with Crippen molar-refractivity contribution in [1.29, 1.82) is 0 Å². The highest BCUT2D eigenvalue weighted by atomic mass is 79.9. The summed E-state index contributed by atoms with van der Waals surface area (Å²) in [5, 5.41) is 12.5. The van der Waals surface area contributed by atoms with Gasteiger partial charge in [0, 0.05) is 18.5 Å². The summed E-state index contributed by atoms with van der Waals surface area (Å²) >= 11 is 3.18. The average molecular weight is 510 g/mol. The minimum atomic E-state index is -0.413. The predicted octanol–water partition coefficient (Wildman–Crippen LogP) is 3.95. The van der Waals surface area contributed by atoms with Gasteiger partial charge in [0.15, 0.2) is 11.5 Å². The van der Waals surface area contributed by atoms with E-state index in [4.69, 9.17) is 4.42 Å². The van der Waals surface area contributed by atoms with Crippen LogP contribution in [0.3, 0.4) is 0 Å². The number of ketones is 1. The lowest BCUT2D eigenvalue weighted by Gasteiger charge is -2.01. The number of fused-ring (bicyclic) bond motifs is 2. The van der Waals surface area contributed by atoms with Gasteiger partial charge < -0.3 is 8.82 Å². The van der Waals surface area contributed by atoms with Gasteiger partial charge in [-0.3, -0.25) is 4.79 Å². The van der Waals surface area contributed by atoms with Crippen molar-refractivity contribution in [3.8, 4) is 0 Å². The van der Waals surface area contributed by atoms with Crippen LogP contribution in [0.2, 0.25) is 0 Å². The maximum absolute atomic E-state index is 14.4. The van der Waals surface area contributed by atoms with Gasteiger partial charge in [-0.05, 0) is 53.4 Å². The summed E-state index contributed by atoms with van der Waals surface area (Å²) < 4.78 is 23.7. The SMILES string of the molecule is O=C(CCc1ncn2ccc(Br)c(F)c12)c1nnc(Cc2cn3nc(C4CC4)ccc3n2)o1. The van der Waals surface area contributed by atoms with Crippen molar-refractivity contribution in [3.63, 3.8) is 0 Å². The van der Waals surface area contributed by atoms with Crippen molar-refractivity contribution in [2.75, 3.05) is 0 Å². The number of rotatable bonds is 7. The molecule has 0 radical (unpaired) electrons. The van der Waals surface area contributed by atoms with Crippen LogP contribution in [-0.2, 0) is 12.8 Å². The lowest BCUT2D eigenvalue weighted by Crippen LogP contribution is -2.03. The molecule has 11 heteroatoms. The van der Waals surface area contributed by atoms with E-state index in [1.807, 2.05) is 18.3 Å². The highest BCUT2D eigenvalue weighted by molar-refractivity contribution is 9.10. The second-order valence-corrected chi connectivity index (χ2v) is 8.95. The summed E-state index contributed by atoms with van der Waals surface area (Å²) in [7, 11) is 0. The zero-order chi connectivity index (χ0) is 22.5. The maximum atomic E-state index is 14.4. The molecule has 6 rings (SSSR count). The normalized spacial score (nSPS) is 13.9. The van der Waals surface area contributed by atoms with Gasteiger partial charge >= 0.3 is 0 Å². The van der Waals surface area contributed by atoms with Crippen LogP contribution in [0, 0.1) is 5.82 Å². The molecular weight excluding hydrogens is 493 g/mol. The van der Waals surface area contributed by atoms with Crippen LogP contribution in [0.4, 0.5) is 4.39 Å². The Bertz CT molecular complexity index is 1520. The third-order valence-electron chi connectivity index (χ3n) is 5.68. The van der Waals surface area contributed by atoms with Gasteiger partial charge in [-0.1, -0.05) is 0 Å². The van der Waals surface area contributed by atoms with Crippen LogP contribution >= 0.6 is 15.9 Å². The minimum absolute atomic E-state index is 0.0719. The van der Waals surface area contributed by atoms with Gasteiger partial charge in [-0.2, -0.15) is 5.10 Å². The molecule has 0 unspecified atom stereocenters. The zero-order valence-corrected chi connectivity index (χ0v) is 18.9. The first-order valence-corrected chi connectivity index (χ1v) is 11.3. The third-order valence-corrected chi connectivity index (χ3v) is 6.29. The van der Waals surface area contributed by atoms with Gasteiger partial charge in [0.05, 0.1) is 40.5 Å². The van der Waals surface area contributed by atoms with Crippen molar-refractivity contribution in [1.82, 2.24) is 34.2 Å². The molecule has 0 spiro atoms. The number of nitrogens with zero attached hydrogens (tertiary/aromatic N) is 7. The zero-order valence-electron chi connectivity index (χ0n) is 17.3. The topological polar surface area (TPSA) is 103 Å². The van der Waals surface area contributed by atoms with Crippen molar-refractivity contribution in [2.24, 2.45) is 0 Å². The third kappa shape index (κ3) is 3.82. The highest BCUT2D eigenvalue weighted by Crippen LogP contribution is 2.38. The van der Waals surface area contributed by atoms with Crippen molar-refractivity contribution >= 4 is 32.9 Å². The van der Waals surface area contributed by atoms with E-state index in [0.717, 1.165) is 17.0 Å². The van der Waals surface area contributed by atoms with Gasteiger partial charge in [0.1, 0.15) is 5.52 Å². The lowest BCUT2D eigenvalue weighted by molar-refractivity contribution is 0.0947. The Kier molecular flexibility index (Phi) is 4.79. The first kappa shape index (κ1) is 20.2. The average Bonchev–Trinajstić information content (AvgIpc) is 3.23. The molecule has 0 aromatic carbocycles. The fraction of sp³-hybridized carbons (Fsp3) is 0.273. The van der Waals surface area contributed by atoms with E-state index in [1.54, 1.807) is 21.2 Å². The molecule has 0 aliphatic heterocycles. The standard InChI is InChI=1S/C22H17BrFN7O2/c23-14-7-8-30-11-25-16(21(30)20(14)24)3-5-17(32)22-28-27-19(33-22)9-13-10-31-18(26-13)6-4-15(29-31)12-1-2-12/h4,6-8,10-12H,1-3,5,9H2. The Morgan fingerprint density at radius 1 is 1.24 bits per heavy atom. The molecule has 1 fully saturated rings. The summed E-state index contributed by atoms with van der Waals surface area (Å²) in [6.07, 6.45) is 8.05. The molecule has 166 valence electrons. The predicted molar refractivity (Wildman–Crippen MR) is 118 cm³/mol. The smallest absolute Gasteiger partial charge is 0.284 e. The number of hydrogen-bond acceptors (Lipinski definition) is 7. The molecule has 0 amide bonds. The number of halogens is 2. The first-order valence-electron chi connectivity index (χ1n) is 10.6. The number of carbonyl (C=O) groups excluding carboxylic acids is 1. The van der Waals surface area contributed by atoms with Crippen LogP contribution in [-0.4, -0.2) is 40.0 Å². The van der Waals surface area contributed by atoms with Gasteiger partial charge in [0.25, 0.3) is 5.89 Å². The summed E-state index contributed by atoms with van der Waals surface area (Å²) in [5.41, 5.74) is 3.38. The monoisotopic (exact) mass is 509 g/mol. The number of aromatic nitrogens is 7. The van der Waals surface area contributed by atoms with E-state index < -0.39 is 5.82 Å². The number of pyridine rings is 1. The van der Waals surface area contributed by atoms with E-state index in [2.05, 4.69) is 41.2 Å². The minimum Gasteiger partial charge on any atom is -0.418 e. The van der Waals surface area contributed by atoms with Crippen molar-refractivity contribution in [3.05, 3.63) is 76.1 Å². The van der Waals surface area contributed by atoms with Crippen LogP contribution in [0.1, 0.15) is 58.8 Å². The molecule has 0 atom stereocenters. The number of aryl methyl sites for hydroxylation is 1. The van der Waals surface area contributed by atoms with E-state index in [9.17, 15) is 9.18 Å². The van der Waals surface area contributed by atoms with Gasteiger partial charge in [-0.25, -0.2) is 18.9 Å². The number of hydrogen-bond donors (Lipinski definition) is 0. The second kappa shape index (κ2) is 7.84. The Morgan fingerprint density at radius 2 is 2.12 bits per heavy atom. The number of imidazole rings is 2. The number of Topliss-reactive ketones (excluding diaryl/α,β-unsaturated/α-hetero) is 1. The molecule has 1 aliphatic carbocycles. The van der Waals surface area contributed by atoms with Crippen molar-refractivity contribution in [2.45, 2.75) is 38.0 Å². The molecule has 0 saturated heterocycles. The van der Waals surface area contributed by atoms with E-state index >= 15 is 0 Å². The summed E-state index contributed by atoms with van der Waals surface area (Å²) in [6.45, 7) is 0. The quantitative estimate of drug-likeness (QED) is 0.306. The van der Waals surface area contributed by atoms with Gasteiger partial charge in [0.2, 0.25) is 11.7 Å². The Morgan fingerprint density at radius 3 is 2.97 bits per heavy atom. The molecule has 9 nitrogen and oxygen atoms in total. The molecule has 5 aromatic heterocycles. The molecular formula is C22H17BrFN7O2. The van der Waals surface area contributed by atoms with E-state index in [1.165, 1.54) is 19.2 Å². The fourth-order valence-corrected chi connectivity index (χ4v) is 4.13. The molecule has 0 N–H and O–H groups in total. The molecule has 5 heterocycles. The Balaban J connectivity index is 1.14. The van der Waals surface area contributed by atoms with Crippen LogP contribution < -0.4 is 0 Å². The number of carbonyl (C=O) groups is 1. The molecule has 1 aliphatic rings.